The first-order valence-electron chi connectivity index (χ1n) is 13.1. The summed E-state index contributed by atoms with van der Waals surface area (Å²) < 4.78 is 7.37. The predicted molar refractivity (Wildman–Crippen MR) is 143 cm³/mol. The van der Waals surface area contributed by atoms with Gasteiger partial charge >= 0.3 is 6.09 Å². The number of rotatable bonds is 4. The Balaban J connectivity index is 1.19. The van der Waals surface area contributed by atoms with Crippen LogP contribution in [0.3, 0.4) is 0 Å². The van der Waals surface area contributed by atoms with E-state index >= 15 is 0 Å². The minimum atomic E-state index is -0.487. The third-order valence-electron chi connectivity index (χ3n) is 7.64. The summed E-state index contributed by atoms with van der Waals surface area (Å²) in [5.74, 6) is 0.820. The Morgan fingerprint density at radius 2 is 1.76 bits per heavy atom. The smallest absolute Gasteiger partial charge is 0.410 e. The van der Waals surface area contributed by atoms with Gasteiger partial charge in [-0.2, -0.15) is 5.10 Å². The number of carbonyl (C=O) groups excluding carboxylic acids is 1. The van der Waals surface area contributed by atoms with Crippen LogP contribution >= 0.6 is 0 Å². The highest BCUT2D eigenvalue weighted by Crippen LogP contribution is 2.39. The molecular weight excluding hydrogens is 482 g/mol. The molecule has 2 fully saturated rings. The summed E-state index contributed by atoms with van der Waals surface area (Å²) in [6.45, 7) is 5.75. The van der Waals surface area contributed by atoms with Crippen LogP contribution in [0.25, 0.3) is 33.4 Å². The molecule has 5 heterocycles. The van der Waals surface area contributed by atoms with E-state index in [4.69, 9.17) is 4.74 Å². The van der Waals surface area contributed by atoms with Crippen LogP contribution in [-0.4, -0.2) is 77.2 Å². The van der Waals surface area contributed by atoms with Gasteiger partial charge in [0.2, 0.25) is 0 Å². The Bertz CT molecular complexity index is 1460. The third-order valence-corrected chi connectivity index (χ3v) is 7.64. The normalized spacial score (nSPS) is 21.2. The fourth-order valence-corrected chi connectivity index (χ4v) is 5.86. The molecule has 198 valence electrons. The molecule has 11 heteroatoms. The maximum Gasteiger partial charge on any atom is 0.410 e. The van der Waals surface area contributed by atoms with Gasteiger partial charge in [0.05, 0.1) is 23.6 Å². The minimum Gasteiger partial charge on any atom is -0.444 e. The van der Waals surface area contributed by atoms with Crippen LogP contribution in [-0.2, 0) is 11.8 Å². The average Bonchev–Trinajstić information content (AvgIpc) is 3.60. The number of anilines is 1. The minimum absolute atomic E-state index is 0.189. The van der Waals surface area contributed by atoms with Gasteiger partial charge in [0.1, 0.15) is 11.3 Å². The predicted octanol–water partition coefficient (Wildman–Crippen LogP) is 4.18. The molecule has 2 aliphatic heterocycles. The second kappa shape index (κ2) is 9.07. The summed E-state index contributed by atoms with van der Waals surface area (Å²) >= 11 is 0. The molecule has 0 radical (unpaired) electrons. The molecule has 0 aliphatic carbocycles. The van der Waals surface area contributed by atoms with E-state index in [1.54, 1.807) is 10.9 Å². The lowest BCUT2D eigenvalue weighted by molar-refractivity contribution is 0.00597. The number of H-pyrrole nitrogens is 1. The van der Waals surface area contributed by atoms with Gasteiger partial charge < -0.3 is 14.5 Å². The van der Waals surface area contributed by atoms with Gasteiger partial charge in [-0.3, -0.25) is 9.78 Å². The number of hydrogen-bond acceptors (Lipinski definition) is 8. The molecule has 4 aromatic rings. The largest absolute Gasteiger partial charge is 0.444 e. The Morgan fingerprint density at radius 1 is 1.03 bits per heavy atom. The van der Waals surface area contributed by atoms with Crippen LogP contribution in [0, 0.1) is 0 Å². The van der Waals surface area contributed by atoms with Crippen molar-refractivity contribution in [1.29, 1.82) is 0 Å². The van der Waals surface area contributed by atoms with E-state index in [2.05, 4.69) is 42.7 Å². The SMILES string of the molecule is CN(c1ccc(-c2ccc(-c3cn(C)nn3)c3cn[nH]c23)nn1)C1C[C@H]2CC[C@@H](C1)N2C(=O)OC(C)(C)C. The number of amides is 1. The van der Waals surface area contributed by atoms with Crippen LogP contribution in [0.4, 0.5) is 10.6 Å². The fourth-order valence-electron chi connectivity index (χ4n) is 5.86. The van der Waals surface area contributed by atoms with E-state index in [0.717, 1.165) is 64.9 Å². The van der Waals surface area contributed by atoms with Gasteiger partial charge in [-0.15, -0.1) is 15.3 Å². The third kappa shape index (κ3) is 4.35. The molecule has 1 aromatic carbocycles. The molecule has 38 heavy (non-hydrogen) atoms. The van der Waals surface area contributed by atoms with Gasteiger partial charge in [-0.25, -0.2) is 4.79 Å². The zero-order valence-electron chi connectivity index (χ0n) is 22.4. The van der Waals surface area contributed by atoms with Crippen LogP contribution in [0.1, 0.15) is 46.5 Å². The van der Waals surface area contributed by atoms with Crippen LogP contribution < -0.4 is 4.90 Å². The van der Waals surface area contributed by atoms with Crippen molar-refractivity contribution < 1.29 is 9.53 Å². The summed E-state index contributed by atoms with van der Waals surface area (Å²) in [5.41, 5.74) is 3.84. The molecule has 2 saturated heterocycles. The number of aromatic amines is 1. The lowest BCUT2D eigenvalue weighted by atomic mass is 9.96. The van der Waals surface area contributed by atoms with Gasteiger partial charge in [-0.1, -0.05) is 11.3 Å². The summed E-state index contributed by atoms with van der Waals surface area (Å²) in [6, 6.07) is 8.74. The Kier molecular flexibility index (Phi) is 5.81. The second-order valence-electron chi connectivity index (χ2n) is 11.4. The Morgan fingerprint density at radius 3 is 2.39 bits per heavy atom. The summed E-state index contributed by atoms with van der Waals surface area (Å²) in [7, 11) is 3.92. The van der Waals surface area contributed by atoms with E-state index < -0.39 is 5.60 Å². The highest BCUT2D eigenvalue weighted by atomic mass is 16.6. The van der Waals surface area contributed by atoms with Crippen LogP contribution in [0.5, 0.6) is 0 Å². The van der Waals surface area contributed by atoms with E-state index in [1.807, 2.05) is 63.2 Å². The maximum absolute atomic E-state index is 12.8. The molecule has 3 atom stereocenters. The topological polar surface area (TPSA) is 118 Å². The Hall–Kier alpha value is -4.02. The average molecular weight is 516 g/mol. The second-order valence-corrected chi connectivity index (χ2v) is 11.4. The summed E-state index contributed by atoms with van der Waals surface area (Å²) in [6.07, 6.45) is 7.33. The first-order valence-corrected chi connectivity index (χ1v) is 13.1. The number of piperidine rings is 1. The molecule has 1 N–H and O–H groups in total. The number of aromatic nitrogens is 7. The van der Waals surface area contributed by atoms with Crippen molar-refractivity contribution in [3.05, 3.63) is 36.7 Å². The fraction of sp³-hybridized carbons (Fsp3) is 0.481. The number of nitrogens with zero attached hydrogens (tertiary/aromatic N) is 8. The monoisotopic (exact) mass is 515 g/mol. The van der Waals surface area contributed by atoms with E-state index in [-0.39, 0.29) is 24.2 Å². The van der Waals surface area contributed by atoms with Gasteiger partial charge in [0.15, 0.2) is 5.82 Å². The summed E-state index contributed by atoms with van der Waals surface area (Å²) in [4.78, 5) is 17.0. The lowest BCUT2D eigenvalue weighted by Crippen LogP contribution is -2.53. The molecule has 2 bridgehead atoms. The number of carbonyl (C=O) groups is 1. The van der Waals surface area contributed by atoms with Crippen molar-refractivity contribution in [2.75, 3.05) is 11.9 Å². The van der Waals surface area contributed by atoms with Crippen molar-refractivity contribution in [2.24, 2.45) is 7.05 Å². The zero-order chi connectivity index (χ0) is 26.6. The van der Waals surface area contributed by atoms with Crippen molar-refractivity contribution in [2.45, 2.75) is 70.2 Å². The van der Waals surface area contributed by atoms with E-state index in [1.165, 1.54) is 0 Å². The van der Waals surface area contributed by atoms with Crippen molar-refractivity contribution in [3.8, 4) is 22.5 Å². The van der Waals surface area contributed by atoms with E-state index in [9.17, 15) is 4.79 Å². The molecule has 11 nitrogen and oxygen atoms in total. The standard InChI is InChI=1S/C27H33N9O2/c1-27(2,3)38-26(37)36-16-6-7-17(36)13-18(12-16)35(5)24-11-10-22(29-31-24)20-9-8-19(21-14-28-32-25(20)21)23-15-34(4)33-30-23/h8-11,14-18H,6-7,12-13H2,1-5H3,(H,28,32)/t16-,17+,18?. The molecule has 0 saturated carbocycles. The van der Waals surface area contributed by atoms with Crippen LogP contribution in [0.15, 0.2) is 36.7 Å². The van der Waals surface area contributed by atoms with Crippen molar-refractivity contribution in [1.82, 2.24) is 40.3 Å². The van der Waals surface area contributed by atoms with Gasteiger partial charge in [-0.05, 0) is 64.7 Å². The van der Waals surface area contributed by atoms with Gasteiger partial charge in [0, 0.05) is 48.7 Å². The first kappa shape index (κ1) is 24.3. The first-order chi connectivity index (χ1) is 18.2. The van der Waals surface area contributed by atoms with Crippen molar-refractivity contribution >= 4 is 22.8 Å². The Labute approximate surface area is 221 Å². The highest BCUT2D eigenvalue weighted by molar-refractivity contribution is 6.01. The number of aryl methyl sites for hydroxylation is 1. The molecule has 6 rings (SSSR count). The van der Waals surface area contributed by atoms with Crippen molar-refractivity contribution in [3.63, 3.8) is 0 Å². The number of nitrogens with one attached hydrogen (secondary N) is 1. The maximum atomic E-state index is 12.8. The molecule has 3 aromatic heterocycles. The molecule has 0 spiro atoms. The molecule has 2 aliphatic rings. The number of hydrogen-bond donors (Lipinski definition) is 1. The number of benzene rings is 1. The van der Waals surface area contributed by atoms with E-state index in [0.29, 0.717) is 0 Å². The number of fused-ring (bicyclic) bond motifs is 3. The highest BCUT2D eigenvalue weighted by Gasteiger charge is 2.46. The van der Waals surface area contributed by atoms with Gasteiger partial charge in [0.25, 0.3) is 0 Å². The quantitative estimate of drug-likeness (QED) is 0.430. The molecule has 1 amide bonds. The summed E-state index contributed by atoms with van der Waals surface area (Å²) in [5, 5.41) is 25.8. The number of ether oxygens (including phenoxy) is 1. The molecule has 1 unspecified atom stereocenters. The van der Waals surface area contributed by atoms with Crippen LogP contribution in [0.2, 0.25) is 0 Å². The molecular formula is C27H33N9O2. The lowest BCUT2D eigenvalue weighted by Gasteiger charge is -2.42. The zero-order valence-corrected chi connectivity index (χ0v) is 22.4.